The molecule has 0 atom stereocenters. The van der Waals surface area contributed by atoms with Crippen molar-refractivity contribution >= 4 is 39.9 Å². The van der Waals surface area contributed by atoms with Gasteiger partial charge in [-0.1, -0.05) is 35.9 Å². The number of piperidine rings is 1. The van der Waals surface area contributed by atoms with Crippen LogP contribution in [0.4, 0.5) is 11.4 Å². The molecule has 1 aliphatic rings. The van der Waals surface area contributed by atoms with Crippen molar-refractivity contribution < 1.29 is 9.72 Å². The Morgan fingerprint density at radius 1 is 1.08 bits per heavy atom. The highest BCUT2D eigenvalue weighted by Crippen LogP contribution is 2.34. The highest BCUT2D eigenvalue weighted by Gasteiger charge is 2.22. The molecule has 0 radical (unpaired) electrons. The second-order valence-corrected chi connectivity index (χ2v) is 10.2. The lowest BCUT2D eigenvalue weighted by molar-refractivity contribution is -0.384. The van der Waals surface area contributed by atoms with E-state index in [0.717, 1.165) is 62.2 Å². The minimum Gasteiger partial charge on any atom is -0.326 e. The van der Waals surface area contributed by atoms with Gasteiger partial charge < -0.3 is 14.8 Å². The number of amides is 1. The van der Waals surface area contributed by atoms with Gasteiger partial charge in [-0.3, -0.25) is 14.9 Å². The lowest BCUT2D eigenvalue weighted by atomic mass is 9.89. The number of nitro benzene ring substituents is 1. The molecule has 5 rings (SSSR count). The molecule has 1 amide bonds. The summed E-state index contributed by atoms with van der Waals surface area (Å²) in [4.78, 5) is 29.7. The number of anilines is 1. The standard InChI is InChI=1S/C29H30ClN5O3/c1-20(36)31-23-7-4-6-22(18-23)21-12-16-33(17-13-21)14-5-15-34-28-9-3-2-8-27(28)32-29(34)25-19-24(35(37)38)10-11-26(25)30/h2-4,6-11,18-19,21H,5,12-17H2,1H3,(H,31,36). The minimum absolute atomic E-state index is 0.00603. The van der Waals surface area contributed by atoms with E-state index in [1.54, 1.807) is 6.07 Å². The van der Waals surface area contributed by atoms with Gasteiger partial charge in [0, 0.05) is 36.9 Å². The summed E-state index contributed by atoms with van der Waals surface area (Å²) in [5.41, 5.74) is 4.52. The number of imidazole rings is 1. The summed E-state index contributed by atoms with van der Waals surface area (Å²) in [6, 6.07) is 20.5. The first-order valence-corrected chi connectivity index (χ1v) is 13.3. The number of carbonyl (C=O) groups excluding carboxylic acids is 1. The highest BCUT2D eigenvalue weighted by molar-refractivity contribution is 6.33. The third-order valence-electron chi connectivity index (χ3n) is 7.18. The van der Waals surface area contributed by atoms with Crippen molar-refractivity contribution in [3.05, 3.63) is 87.4 Å². The zero-order valence-corrected chi connectivity index (χ0v) is 22.0. The minimum atomic E-state index is -0.410. The van der Waals surface area contributed by atoms with Gasteiger partial charge in [0.15, 0.2) is 0 Å². The Kier molecular flexibility index (Phi) is 7.72. The molecule has 2 heterocycles. The number of nitrogens with one attached hydrogen (secondary N) is 1. The molecule has 0 saturated carbocycles. The topological polar surface area (TPSA) is 93.3 Å². The molecule has 4 aromatic rings. The quantitative estimate of drug-likeness (QED) is 0.207. The first-order chi connectivity index (χ1) is 18.4. The fourth-order valence-corrected chi connectivity index (χ4v) is 5.52. The number of non-ortho nitro benzene ring substituents is 1. The van der Waals surface area contributed by atoms with Crippen LogP contribution in [0.5, 0.6) is 0 Å². The summed E-state index contributed by atoms with van der Waals surface area (Å²) in [6.07, 6.45) is 3.07. The SMILES string of the molecule is CC(=O)Nc1cccc(C2CCN(CCCn3c(-c4cc([N+](=O)[O-])ccc4Cl)nc4ccccc43)CC2)c1. The Morgan fingerprint density at radius 3 is 2.63 bits per heavy atom. The van der Waals surface area contributed by atoms with Crippen LogP contribution in [0.3, 0.4) is 0 Å². The lowest BCUT2D eigenvalue weighted by Gasteiger charge is -2.32. The van der Waals surface area contributed by atoms with Crippen LogP contribution in [0.1, 0.15) is 37.7 Å². The van der Waals surface area contributed by atoms with Gasteiger partial charge in [-0.25, -0.2) is 4.98 Å². The van der Waals surface area contributed by atoms with E-state index < -0.39 is 4.92 Å². The first kappa shape index (κ1) is 25.9. The van der Waals surface area contributed by atoms with E-state index in [2.05, 4.69) is 26.9 Å². The summed E-state index contributed by atoms with van der Waals surface area (Å²) in [5, 5.41) is 14.7. The third kappa shape index (κ3) is 5.71. The molecular weight excluding hydrogens is 502 g/mol. The van der Waals surface area contributed by atoms with Crippen molar-refractivity contribution in [2.75, 3.05) is 25.0 Å². The van der Waals surface area contributed by atoms with E-state index >= 15 is 0 Å². The van der Waals surface area contributed by atoms with E-state index in [-0.39, 0.29) is 11.6 Å². The molecule has 196 valence electrons. The number of nitro groups is 1. The van der Waals surface area contributed by atoms with E-state index in [1.165, 1.54) is 24.6 Å². The number of hydrogen-bond donors (Lipinski definition) is 1. The van der Waals surface area contributed by atoms with Gasteiger partial charge in [0.25, 0.3) is 5.69 Å². The van der Waals surface area contributed by atoms with Crippen LogP contribution < -0.4 is 5.32 Å². The van der Waals surface area contributed by atoms with Crippen molar-refractivity contribution in [1.29, 1.82) is 0 Å². The van der Waals surface area contributed by atoms with Crippen molar-refractivity contribution in [3.63, 3.8) is 0 Å². The van der Waals surface area contributed by atoms with Crippen molar-refractivity contribution in [2.45, 2.75) is 38.6 Å². The van der Waals surface area contributed by atoms with Gasteiger partial charge in [0.1, 0.15) is 5.82 Å². The maximum absolute atomic E-state index is 11.4. The molecule has 0 unspecified atom stereocenters. The smallest absolute Gasteiger partial charge is 0.270 e. The van der Waals surface area contributed by atoms with E-state index in [9.17, 15) is 14.9 Å². The van der Waals surface area contributed by atoms with Crippen molar-refractivity contribution in [2.24, 2.45) is 0 Å². The molecule has 38 heavy (non-hydrogen) atoms. The van der Waals surface area contributed by atoms with E-state index in [1.807, 2.05) is 36.4 Å². The number of hydrogen-bond acceptors (Lipinski definition) is 5. The summed E-state index contributed by atoms with van der Waals surface area (Å²) >= 11 is 6.48. The number of rotatable bonds is 8. The second kappa shape index (κ2) is 11.3. The first-order valence-electron chi connectivity index (χ1n) is 12.9. The van der Waals surface area contributed by atoms with Crippen LogP contribution >= 0.6 is 11.6 Å². The molecule has 1 aliphatic heterocycles. The van der Waals surface area contributed by atoms with Crippen LogP contribution in [0.15, 0.2) is 66.7 Å². The van der Waals surface area contributed by atoms with Gasteiger partial charge in [-0.05, 0) is 80.7 Å². The number of benzene rings is 3. The number of para-hydroxylation sites is 2. The normalized spacial score (nSPS) is 14.6. The lowest BCUT2D eigenvalue weighted by Crippen LogP contribution is -2.34. The number of aromatic nitrogens is 2. The van der Waals surface area contributed by atoms with Crippen LogP contribution in [-0.4, -0.2) is 44.9 Å². The van der Waals surface area contributed by atoms with Gasteiger partial charge in [-0.15, -0.1) is 0 Å². The molecule has 0 spiro atoms. The van der Waals surface area contributed by atoms with E-state index in [0.29, 0.717) is 22.3 Å². The fraction of sp³-hybridized carbons (Fsp3) is 0.310. The Morgan fingerprint density at radius 2 is 1.87 bits per heavy atom. The largest absolute Gasteiger partial charge is 0.326 e. The molecule has 8 nitrogen and oxygen atoms in total. The zero-order valence-electron chi connectivity index (χ0n) is 21.3. The van der Waals surface area contributed by atoms with Crippen LogP contribution in [-0.2, 0) is 11.3 Å². The average Bonchev–Trinajstić information content (AvgIpc) is 3.27. The predicted octanol–water partition coefficient (Wildman–Crippen LogP) is 6.49. The molecular formula is C29H30ClN5O3. The Hall–Kier alpha value is -3.75. The molecule has 0 bridgehead atoms. The fourth-order valence-electron chi connectivity index (χ4n) is 5.32. The number of likely N-dealkylation sites (tertiary alicyclic amines) is 1. The molecule has 1 N–H and O–H groups in total. The summed E-state index contributed by atoms with van der Waals surface area (Å²) in [7, 11) is 0. The number of halogens is 1. The molecule has 0 aliphatic carbocycles. The molecule has 1 aromatic heterocycles. The zero-order chi connectivity index (χ0) is 26.6. The maximum Gasteiger partial charge on any atom is 0.270 e. The van der Waals surface area contributed by atoms with Crippen LogP contribution in [0, 0.1) is 10.1 Å². The van der Waals surface area contributed by atoms with Gasteiger partial charge in [-0.2, -0.15) is 0 Å². The Balaban J connectivity index is 1.26. The number of fused-ring (bicyclic) bond motifs is 1. The number of carbonyl (C=O) groups is 1. The van der Waals surface area contributed by atoms with Crippen LogP contribution in [0.2, 0.25) is 5.02 Å². The molecule has 1 saturated heterocycles. The van der Waals surface area contributed by atoms with Gasteiger partial charge in [0.05, 0.1) is 21.0 Å². The number of nitrogens with zero attached hydrogens (tertiary/aromatic N) is 4. The van der Waals surface area contributed by atoms with Crippen molar-refractivity contribution in [1.82, 2.24) is 14.5 Å². The Bertz CT molecular complexity index is 1480. The predicted molar refractivity (Wildman–Crippen MR) is 151 cm³/mol. The molecule has 1 fully saturated rings. The summed E-state index contributed by atoms with van der Waals surface area (Å²) in [5.74, 6) is 1.08. The van der Waals surface area contributed by atoms with Crippen molar-refractivity contribution in [3.8, 4) is 11.4 Å². The third-order valence-corrected chi connectivity index (χ3v) is 7.51. The second-order valence-electron chi connectivity index (χ2n) is 9.77. The number of aryl methyl sites for hydroxylation is 1. The summed E-state index contributed by atoms with van der Waals surface area (Å²) < 4.78 is 2.13. The van der Waals surface area contributed by atoms with Crippen LogP contribution in [0.25, 0.3) is 22.4 Å². The monoisotopic (exact) mass is 531 g/mol. The summed E-state index contributed by atoms with van der Waals surface area (Å²) in [6.45, 7) is 5.24. The maximum atomic E-state index is 11.4. The molecule has 9 heteroatoms. The van der Waals surface area contributed by atoms with E-state index in [4.69, 9.17) is 16.6 Å². The van der Waals surface area contributed by atoms with Gasteiger partial charge >= 0.3 is 0 Å². The van der Waals surface area contributed by atoms with Gasteiger partial charge in [0.2, 0.25) is 5.91 Å². The molecule has 3 aromatic carbocycles. The average molecular weight is 532 g/mol. The highest BCUT2D eigenvalue weighted by atomic mass is 35.5. The Labute approximate surface area is 226 Å².